The summed E-state index contributed by atoms with van der Waals surface area (Å²) in [6.45, 7) is 5.84. The largest absolute Gasteiger partial charge is 0.496 e. The first-order valence-electron chi connectivity index (χ1n) is 13.6. The van der Waals surface area contributed by atoms with Crippen molar-refractivity contribution in [3.05, 3.63) is 71.0 Å². The summed E-state index contributed by atoms with van der Waals surface area (Å²) >= 11 is 0. The Morgan fingerprint density at radius 2 is 1.85 bits per heavy atom. The number of methoxy groups -OCH3 is 1. The Bertz CT molecular complexity index is 1440. The molecule has 40 heavy (non-hydrogen) atoms. The molecule has 1 amide bonds. The highest BCUT2D eigenvalue weighted by molar-refractivity contribution is 5.75. The first-order chi connectivity index (χ1) is 19.1. The lowest BCUT2D eigenvalue weighted by Gasteiger charge is -2.31. The van der Waals surface area contributed by atoms with Crippen LogP contribution in [0.2, 0.25) is 0 Å². The smallest absolute Gasteiger partial charge is 0.416 e. The summed E-state index contributed by atoms with van der Waals surface area (Å²) in [6, 6.07) is 10.6. The number of ether oxygens (including phenoxy) is 2. The summed E-state index contributed by atoms with van der Waals surface area (Å²) < 4.78 is 51.4. The lowest BCUT2D eigenvalue weighted by atomic mass is 9.98. The third-order valence-electron chi connectivity index (χ3n) is 8.30. The zero-order valence-electron chi connectivity index (χ0n) is 22.6. The maximum absolute atomic E-state index is 13.4. The van der Waals surface area contributed by atoms with Crippen LogP contribution in [0, 0.1) is 5.92 Å². The molecular weight excluding hydrogens is 521 g/mol. The Morgan fingerprint density at radius 3 is 2.50 bits per heavy atom. The monoisotopic (exact) mass is 552 g/mol. The number of cyclic esters (lactones) is 1. The molecule has 6 rings (SSSR count). The second-order valence-electron chi connectivity index (χ2n) is 10.9. The number of halogens is 3. The zero-order chi connectivity index (χ0) is 28.2. The summed E-state index contributed by atoms with van der Waals surface area (Å²) in [7, 11) is 1.62. The van der Waals surface area contributed by atoms with Gasteiger partial charge in [-0.25, -0.2) is 14.8 Å². The van der Waals surface area contributed by atoms with Crippen molar-refractivity contribution in [3.8, 4) is 16.9 Å². The number of hydrogen-bond acceptors (Lipinski definition) is 6. The lowest BCUT2D eigenvalue weighted by molar-refractivity contribution is -0.137. The van der Waals surface area contributed by atoms with Crippen LogP contribution in [0.4, 0.5) is 23.9 Å². The van der Waals surface area contributed by atoms with E-state index in [1.807, 2.05) is 6.07 Å². The fraction of sp³-hybridized carbons (Fsp3) is 0.433. The van der Waals surface area contributed by atoms with Gasteiger partial charge < -0.3 is 14.4 Å². The van der Waals surface area contributed by atoms with Crippen LogP contribution in [0.1, 0.15) is 61.1 Å². The minimum absolute atomic E-state index is 0.112. The Labute approximate surface area is 230 Å². The molecule has 0 N–H and O–H groups in total. The Morgan fingerprint density at radius 1 is 1.07 bits per heavy atom. The van der Waals surface area contributed by atoms with Gasteiger partial charge in [0.05, 0.1) is 31.0 Å². The van der Waals surface area contributed by atoms with Crippen LogP contribution in [0.3, 0.4) is 0 Å². The van der Waals surface area contributed by atoms with E-state index in [0.717, 1.165) is 49.2 Å². The van der Waals surface area contributed by atoms with Gasteiger partial charge in [0.2, 0.25) is 5.95 Å². The molecule has 0 spiro atoms. The molecule has 210 valence electrons. The second kappa shape index (κ2) is 9.98. The SMILES string of the molecule is COc1ccc(C2CC2C)cc1-c1cnc(N2CCC2)nc1CN1C(=O)OC(c2cccc(C(F)(F)F)c2)C1C. The number of rotatable bonds is 7. The van der Waals surface area contributed by atoms with Gasteiger partial charge in [-0.2, -0.15) is 13.2 Å². The summed E-state index contributed by atoms with van der Waals surface area (Å²) in [4.78, 5) is 26.2. The molecule has 3 aromatic rings. The highest BCUT2D eigenvalue weighted by Crippen LogP contribution is 2.49. The van der Waals surface area contributed by atoms with E-state index in [1.54, 1.807) is 26.3 Å². The standard InChI is InChI=1S/C30H31F3N4O3/c1-17-12-22(17)19-8-9-26(39-3)23(14-19)24-15-34-28(36-10-5-11-36)35-25(24)16-37-18(2)27(40-29(37)38)20-6-4-7-21(13-20)30(31,32)33/h4,6-9,13-15,17-18,22,27H,5,10-12,16H2,1-3H3. The molecule has 4 atom stereocenters. The first-order valence-corrected chi connectivity index (χ1v) is 13.6. The number of hydrogen-bond donors (Lipinski definition) is 0. The van der Waals surface area contributed by atoms with Gasteiger partial charge in [0, 0.05) is 30.4 Å². The van der Waals surface area contributed by atoms with Crippen LogP contribution >= 0.6 is 0 Å². The van der Waals surface area contributed by atoms with Gasteiger partial charge in [-0.05, 0) is 67.0 Å². The number of aromatic nitrogens is 2. The van der Waals surface area contributed by atoms with Crippen molar-refractivity contribution in [2.45, 2.75) is 57.5 Å². The third-order valence-corrected chi connectivity index (χ3v) is 8.30. The minimum atomic E-state index is -4.49. The predicted octanol–water partition coefficient (Wildman–Crippen LogP) is 6.59. The molecule has 3 aliphatic rings. The summed E-state index contributed by atoms with van der Waals surface area (Å²) in [5.41, 5.74) is 2.97. The first kappa shape index (κ1) is 26.4. The van der Waals surface area contributed by atoms with Crippen LogP contribution in [-0.2, 0) is 17.5 Å². The predicted molar refractivity (Wildman–Crippen MR) is 143 cm³/mol. The molecule has 2 saturated heterocycles. The van der Waals surface area contributed by atoms with E-state index in [4.69, 9.17) is 14.5 Å². The molecule has 7 nitrogen and oxygen atoms in total. The Balaban J connectivity index is 1.35. The van der Waals surface area contributed by atoms with Crippen molar-refractivity contribution in [1.82, 2.24) is 14.9 Å². The number of benzene rings is 2. The van der Waals surface area contributed by atoms with E-state index in [9.17, 15) is 18.0 Å². The fourth-order valence-corrected chi connectivity index (χ4v) is 5.59. The quantitative estimate of drug-likeness (QED) is 0.330. The molecule has 10 heteroatoms. The van der Waals surface area contributed by atoms with Gasteiger partial charge >= 0.3 is 12.3 Å². The van der Waals surface area contributed by atoms with E-state index in [0.29, 0.717) is 34.8 Å². The summed E-state index contributed by atoms with van der Waals surface area (Å²) in [5.74, 6) is 2.39. The van der Waals surface area contributed by atoms with Crippen molar-refractivity contribution in [3.63, 3.8) is 0 Å². The summed E-state index contributed by atoms with van der Waals surface area (Å²) in [5, 5.41) is 0. The van der Waals surface area contributed by atoms with Crippen LogP contribution in [0.25, 0.3) is 11.1 Å². The number of carbonyl (C=O) groups is 1. The average Bonchev–Trinajstić information content (AvgIpc) is 3.57. The fourth-order valence-electron chi connectivity index (χ4n) is 5.59. The molecule has 3 fully saturated rings. The molecule has 1 aromatic heterocycles. The van der Waals surface area contributed by atoms with Gasteiger partial charge in [-0.3, -0.25) is 4.90 Å². The van der Waals surface area contributed by atoms with Gasteiger partial charge in [-0.15, -0.1) is 0 Å². The van der Waals surface area contributed by atoms with Crippen LogP contribution in [0.15, 0.2) is 48.7 Å². The van der Waals surface area contributed by atoms with Crippen LogP contribution in [-0.4, -0.2) is 47.2 Å². The van der Waals surface area contributed by atoms with Crippen molar-refractivity contribution >= 4 is 12.0 Å². The van der Waals surface area contributed by atoms with Crippen molar-refractivity contribution < 1.29 is 27.4 Å². The maximum atomic E-state index is 13.4. The number of nitrogens with zero attached hydrogens (tertiary/aromatic N) is 4. The molecule has 1 aliphatic carbocycles. The van der Waals surface area contributed by atoms with E-state index in [1.165, 1.54) is 16.5 Å². The highest BCUT2D eigenvalue weighted by atomic mass is 19.4. The van der Waals surface area contributed by atoms with E-state index < -0.39 is 30.0 Å². The van der Waals surface area contributed by atoms with Gasteiger partial charge in [0.15, 0.2) is 0 Å². The van der Waals surface area contributed by atoms with Gasteiger partial charge in [-0.1, -0.05) is 25.1 Å². The molecule has 0 bridgehead atoms. The number of amides is 1. The lowest BCUT2D eigenvalue weighted by Crippen LogP contribution is -2.39. The van der Waals surface area contributed by atoms with Crippen LogP contribution < -0.4 is 9.64 Å². The van der Waals surface area contributed by atoms with E-state index in [-0.39, 0.29) is 6.54 Å². The third kappa shape index (κ3) is 4.84. The molecular formula is C30H31F3N4O3. The van der Waals surface area contributed by atoms with Crippen molar-refractivity contribution in [2.24, 2.45) is 5.92 Å². The zero-order valence-corrected chi connectivity index (χ0v) is 22.6. The average molecular weight is 553 g/mol. The van der Waals surface area contributed by atoms with Crippen LogP contribution in [0.5, 0.6) is 5.75 Å². The Kier molecular flexibility index (Phi) is 6.59. The van der Waals surface area contributed by atoms with E-state index >= 15 is 0 Å². The summed E-state index contributed by atoms with van der Waals surface area (Å²) in [6.07, 6.45) is -1.95. The minimum Gasteiger partial charge on any atom is -0.496 e. The normalized spacial score (nSPS) is 24.1. The molecule has 0 radical (unpaired) electrons. The molecule has 3 heterocycles. The molecule has 2 aromatic carbocycles. The maximum Gasteiger partial charge on any atom is 0.416 e. The Hall–Kier alpha value is -3.82. The highest BCUT2D eigenvalue weighted by Gasteiger charge is 2.42. The number of carbonyl (C=O) groups excluding carboxylic acids is 1. The van der Waals surface area contributed by atoms with Crippen molar-refractivity contribution in [2.75, 3.05) is 25.1 Å². The molecule has 4 unspecified atom stereocenters. The van der Waals surface area contributed by atoms with Gasteiger partial charge in [0.25, 0.3) is 0 Å². The van der Waals surface area contributed by atoms with E-state index in [2.05, 4.69) is 28.9 Å². The topological polar surface area (TPSA) is 67.8 Å². The van der Waals surface area contributed by atoms with Crippen molar-refractivity contribution in [1.29, 1.82) is 0 Å². The molecule has 2 aliphatic heterocycles. The second-order valence-corrected chi connectivity index (χ2v) is 10.9. The van der Waals surface area contributed by atoms with Gasteiger partial charge in [0.1, 0.15) is 11.9 Å². The number of alkyl halides is 3. The number of anilines is 1. The molecule has 1 saturated carbocycles.